The van der Waals surface area contributed by atoms with Gasteiger partial charge in [-0.15, -0.1) is 0 Å². The van der Waals surface area contributed by atoms with E-state index in [4.69, 9.17) is 0 Å². The molecule has 3 heterocycles. The van der Waals surface area contributed by atoms with Crippen LogP contribution in [0.25, 0.3) is 33.4 Å². The van der Waals surface area contributed by atoms with E-state index in [0.29, 0.717) is 5.69 Å². The van der Waals surface area contributed by atoms with Gasteiger partial charge in [0.1, 0.15) is 17.3 Å². The van der Waals surface area contributed by atoms with Crippen LogP contribution in [0.3, 0.4) is 0 Å². The van der Waals surface area contributed by atoms with Crippen LogP contribution in [0.2, 0.25) is 0 Å². The SMILES string of the molecule is Fc1ccc(F)c(-c2nn3c(c2-c2ccc4nccnc4c2)CCC3)c1. The first-order valence-corrected chi connectivity index (χ1v) is 8.47. The molecule has 5 rings (SSSR count). The molecule has 4 nitrogen and oxygen atoms in total. The molecule has 0 atom stereocenters. The lowest BCUT2D eigenvalue weighted by Crippen LogP contribution is -1.95. The Morgan fingerprint density at radius 1 is 0.923 bits per heavy atom. The minimum Gasteiger partial charge on any atom is -0.268 e. The van der Waals surface area contributed by atoms with Crippen LogP contribution in [0.4, 0.5) is 8.78 Å². The molecule has 0 saturated carbocycles. The molecule has 2 aromatic heterocycles. The number of hydrogen-bond acceptors (Lipinski definition) is 3. The summed E-state index contributed by atoms with van der Waals surface area (Å²) >= 11 is 0. The number of fused-ring (bicyclic) bond motifs is 2. The molecule has 0 saturated heterocycles. The molecular formula is C20H14F2N4. The summed E-state index contributed by atoms with van der Waals surface area (Å²) in [4.78, 5) is 8.65. The minimum atomic E-state index is -0.482. The molecule has 0 amide bonds. The van der Waals surface area contributed by atoms with Crippen molar-refractivity contribution in [1.82, 2.24) is 19.7 Å². The van der Waals surface area contributed by atoms with Gasteiger partial charge in [0.25, 0.3) is 0 Å². The Morgan fingerprint density at radius 2 is 1.77 bits per heavy atom. The zero-order valence-electron chi connectivity index (χ0n) is 13.8. The number of aryl methyl sites for hydroxylation is 1. The Labute approximate surface area is 148 Å². The predicted molar refractivity (Wildman–Crippen MR) is 94.4 cm³/mol. The smallest absolute Gasteiger partial charge is 0.132 e. The highest BCUT2D eigenvalue weighted by Crippen LogP contribution is 2.39. The largest absolute Gasteiger partial charge is 0.268 e. The maximum atomic E-state index is 14.4. The molecule has 2 aromatic carbocycles. The van der Waals surface area contributed by atoms with Crippen LogP contribution in [-0.2, 0) is 13.0 Å². The highest BCUT2D eigenvalue weighted by atomic mass is 19.1. The third-order valence-electron chi connectivity index (χ3n) is 4.78. The maximum absolute atomic E-state index is 14.4. The standard InChI is InChI=1S/C20H14F2N4/c21-13-4-5-15(22)14(11-13)20-19(18-2-1-9-26(18)25-20)12-3-6-16-17(10-12)24-8-7-23-16/h3-8,10-11H,1-2,9H2. The molecule has 128 valence electrons. The molecule has 26 heavy (non-hydrogen) atoms. The van der Waals surface area contributed by atoms with Crippen molar-refractivity contribution < 1.29 is 8.78 Å². The van der Waals surface area contributed by atoms with Crippen LogP contribution >= 0.6 is 0 Å². The summed E-state index contributed by atoms with van der Waals surface area (Å²) in [5.74, 6) is -0.963. The average Bonchev–Trinajstić information content (AvgIpc) is 3.24. The van der Waals surface area contributed by atoms with Crippen molar-refractivity contribution in [3.8, 4) is 22.4 Å². The summed E-state index contributed by atoms with van der Waals surface area (Å²) in [6.45, 7) is 0.784. The van der Waals surface area contributed by atoms with E-state index < -0.39 is 11.6 Å². The Bertz CT molecular complexity index is 1150. The zero-order chi connectivity index (χ0) is 17.7. The van der Waals surface area contributed by atoms with Crippen molar-refractivity contribution in [2.75, 3.05) is 0 Å². The lowest BCUT2D eigenvalue weighted by Gasteiger charge is -2.08. The predicted octanol–water partition coefficient (Wildman–Crippen LogP) is 4.38. The van der Waals surface area contributed by atoms with Crippen LogP contribution in [0.1, 0.15) is 12.1 Å². The van der Waals surface area contributed by atoms with Crippen LogP contribution in [0, 0.1) is 11.6 Å². The first-order valence-electron chi connectivity index (χ1n) is 8.47. The average molecular weight is 348 g/mol. The highest BCUT2D eigenvalue weighted by molar-refractivity contribution is 5.88. The number of aromatic nitrogens is 4. The van der Waals surface area contributed by atoms with Crippen molar-refractivity contribution in [3.05, 3.63) is 66.1 Å². The number of hydrogen-bond donors (Lipinski definition) is 0. The first kappa shape index (κ1) is 15.1. The summed E-state index contributed by atoms with van der Waals surface area (Å²) in [6, 6.07) is 9.23. The Balaban J connectivity index is 1.78. The molecule has 0 bridgehead atoms. The fourth-order valence-electron chi connectivity index (χ4n) is 3.62. The second-order valence-electron chi connectivity index (χ2n) is 6.38. The fraction of sp³-hybridized carbons (Fsp3) is 0.150. The van der Waals surface area contributed by atoms with Crippen LogP contribution in [-0.4, -0.2) is 19.7 Å². The van der Waals surface area contributed by atoms with Crippen molar-refractivity contribution in [1.29, 1.82) is 0 Å². The highest BCUT2D eigenvalue weighted by Gasteiger charge is 2.25. The molecule has 0 fully saturated rings. The molecule has 1 aliphatic heterocycles. The lowest BCUT2D eigenvalue weighted by molar-refractivity contribution is 0.601. The first-order chi connectivity index (χ1) is 12.7. The van der Waals surface area contributed by atoms with Crippen molar-refractivity contribution in [2.24, 2.45) is 0 Å². The van der Waals surface area contributed by atoms with Gasteiger partial charge in [0.05, 0.1) is 11.0 Å². The third kappa shape index (κ3) is 2.29. The fourth-order valence-corrected chi connectivity index (χ4v) is 3.62. The van der Waals surface area contributed by atoms with E-state index in [1.54, 1.807) is 12.4 Å². The van der Waals surface area contributed by atoms with Crippen LogP contribution in [0.5, 0.6) is 0 Å². The Morgan fingerprint density at radius 3 is 2.65 bits per heavy atom. The molecule has 6 heteroatoms. The third-order valence-corrected chi connectivity index (χ3v) is 4.78. The number of rotatable bonds is 2. The minimum absolute atomic E-state index is 0.182. The van der Waals surface area contributed by atoms with Gasteiger partial charge in [0, 0.05) is 35.8 Å². The Hall–Kier alpha value is -3.15. The van der Waals surface area contributed by atoms with Gasteiger partial charge in [-0.2, -0.15) is 5.10 Å². The summed E-state index contributed by atoms with van der Waals surface area (Å²) in [7, 11) is 0. The Kier molecular flexibility index (Phi) is 3.31. The van der Waals surface area contributed by atoms with Gasteiger partial charge in [-0.1, -0.05) is 6.07 Å². The van der Waals surface area contributed by atoms with Gasteiger partial charge in [0.15, 0.2) is 0 Å². The van der Waals surface area contributed by atoms with Crippen LogP contribution < -0.4 is 0 Å². The summed E-state index contributed by atoms with van der Waals surface area (Å²) in [5.41, 5.74) is 4.99. The van der Waals surface area contributed by atoms with Crippen molar-refractivity contribution in [2.45, 2.75) is 19.4 Å². The van der Waals surface area contributed by atoms with Gasteiger partial charge in [0.2, 0.25) is 0 Å². The number of nitrogens with zero attached hydrogens (tertiary/aromatic N) is 4. The molecule has 4 aromatic rings. The second-order valence-corrected chi connectivity index (χ2v) is 6.38. The van der Waals surface area contributed by atoms with Gasteiger partial charge < -0.3 is 0 Å². The quantitative estimate of drug-likeness (QED) is 0.540. The van der Waals surface area contributed by atoms with E-state index >= 15 is 0 Å². The van der Waals surface area contributed by atoms with Gasteiger partial charge in [-0.3, -0.25) is 14.6 Å². The lowest BCUT2D eigenvalue weighted by atomic mass is 9.97. The summed E-state index contributed by atoms with van der Waals surface area (Å²) < 4.78 is 30.1. The molecule has 0 spiro atoms. The summed E-state index contributed by atoms with van der Waals surface area (Å²) in [6.07, 6.45) is 5.14. The molecule has 0 unspecified atom stereocenters. The number of benzene rings is 2. The molecular weight excluding hydrogens is 334 g/mol. The molecule has 1 aliphatic rings. The number of halogens is 2. The molecule has 0 radical (unpaired) electrons. The monoisotopic (exact) mass is 348 g/mol. The van der Waals surface area contributed by atoms with E-state index in [1.807, 2.05) is 22.9 Å². The van der Waals surface area contributed by atoms with Crippen molar-refractivity contribution >= 4 is 11.0 Å². The van der Waals surface area contributed by atoms with Gasteiger partial charge in [-0.05, 0) is 48.7 Å². The van der Waals surface area contributed by atoms with Gasteiger partial charge >= 0.3 is 0 Å². The van der Waals surface area contributed by atoms with Crippen molar-refractivity contribution in [3.63, 3.8) is 0 Å². The van der Waals surface area contributed by atoms with Gasteiger partial charge in [-0.25, -0.2) is 8.78 Å². The van der Waals surface area contributed by atoms with E-state index in [2.05, 4.69) is 15.1 Å². The molecule has 0 N–H and O–H groups in total. The normalized spacial score (nSPS) is 13.3. The van der Waals surface area contributed by atoms with E-state index in [9.17, 15) is 8.78 Å². The van der Waals surface area contributed by atoms with E-state index in [0.717, 1.165) is 59.4 Å². The zero-order valence-corrected chi connectivity index (χ0v) is 13.8. The summed E-state index contributed by atoms with van der Waals surface area (Å²) in [5, 5.41) is 4.59. The van der Waals surface area contributed by atoms with E-state index in [-0.39, 0.29) is 5.56 Å². The van der Waals surface area contributed by atoms with E-state index in [1.165, 1.54) is 6.07 Å². The second kappa shape index (κ2) is 5.69. The maximum Gasteiger partial charge on any atom is 0.132 e. The topological polar surface area (TPSA) is 43.6 Å². The van der Waals surface area contributed by atoms with Crippen LogP contribution in [0.15, 0.2) is 48.8 Å². The molecule has 0 aliphatic carbocycles.